The standard InChI is InChI=1S/C25H24ClN3O6S/c26-18-5-11-21(12-6-18)36(32,33)28-23-4-2-1-3-22(23)25(31)35-17-24(30)27-19-7-9-20(10-8-19)29-13-15-34-16-14-29/h1-12,28H,13-17H2,(H,27,30). The van der Waals surface area contributed by atoms with Gasteiger partial charge in [0.15, 0.2) is 6.61 Å². The van der Waals surface area contributed by atoms with E-state index in [0.717, 1.165) is 18.8 Å². The van der Waals surface area contributed by atoms with Crippen molar-refractivity contribution in [3.8, 4) is 0 Å². The van der Waals surface area contributed by atoms with E-state index in [4.69, 9.17) is 21.1 Å². The number of para-hydroxylation sites is 1. The maximum Gasteiger partial charge on any atom is 0.340 e. The van der Waals surface area contributed by atoms with E-state index in [1.54, 1.807) is 24.3 Å². The molecule has 0 unspecified atom stereocenters. The fourth-order valence-corrected chi connectivity index (χ4v) is 4.76. The Morgan fingerprint density at radius 1 is 0.944 bits per heavy atom. The van der Waals surface area contributed by atoms with Gasteiger partial charge in [0.2, 0.25) is 0 Å². The summed E-state index contributed by atoms with van der Waals surface area (Å²) in [5.74, 6) is -1.37. The van der Waals surface area contributed by atoms with Crippen molar-refractivity contribution in [3.63, 3.8) is 0 Å². The van der Waals surface area contributed by atoms with Crippen molar-refractivity contribution in [2.24, 2.45) is 0 Å². The zero-order valence-corrected chi connectivity index (χ0v) is 20.7. The Kier molecular flexibility index (Phi) is 8.09. The van der Waals surface area contributed by atoms with Crippen molar-refractivity contribution in [2.75, 3.05) is 47.8 Å². The number of rotatable bonds is 8. The second-order valence-electron chi connectivity index (χ2n) is 7.88. The van der Waals surface area contributed by atoms with Crippen molar-refractivity contribution in [1.29, 1.82) is 0 Å². The van der Waals surface area contributed by atoms with Crippen LogP contribution in [-0.4, -0.2) is 53.2 Å². The predicted molar refractivity (Wildman–Crippen MR) is 137 cm³/mol. The lowest BCUT2D eigenvalue weighted by Crippen LogP contribution is -2.36. The number of sulfonamides is 1. The molecular weight excluding hydrogens is 506 g/mol. The first-order valence-corrected chi connectivity index (χ1v) is 12.9. The Bertz CT molecular complexity index is 1320. The van der Waals surface area contributed by atoms with Gasteiger partial charge in [-0.15, -0.1) is 0 Å². The molecule has 0 spiro atoms. The van der Waals surface area contributed by atoms with Crippen molar-refractivity contribution in [3.05, 3.63) is 83.4 Å². The molecule has 188 valence electrons. The molecule has 3 aromatic rings. The van der Waals surface area contributed by atoms with Gasteiger partial charge >= 0.3 is 5.97 Å². The smallest absolute Gasteiger partial charge is 0.340 e. The second-order valence-corrected chi connectivity index (χ2v) is 9.99. The van der Waals surface area contributed by atoms with E-state index in [1.807, 2.05) is 12.1 Å². The topological polar surface area (TPSA) is 114 Å². The monoisotopic (exact) mass is 529 g/mol. The number of amides is 1. The SMILES string of the molecule is O=C(COC(=O)c1ccccc1NS(=O)(=O)c1ccc(Cl)cc1)Nc1ccc(N2CCOCC2)cc1. The van der Waals surface area contributed by atoms with Gasteiger partial charge in [-0.2, -0.15) is 0 Å². The van der Waals surface area contributed by atoms with Crippen LogP contribution in [0.25, 0.3) is 0 Å². The zero-order valence-electron chi connectivity index (χ0n) is 19.1. The first-order chi connectivity index (χ1) is 17.3. The van der Waals surface area contributed by atoms with Gasteiger partial charge in [0, 0.05) is 29.5 Å². The number of hydrogen-bond donors (Lipinski definition) is 2. The number of anilines is 3. The summed E-state index contributed by atoms with van der Waals surface area (Å²) in [6.07, 6.45) is 0. The van der Waals surface area contributed by atoms with Crippen LogP contribution in [0.15, 0.2) is 77.7 Å². The fraction of sp³-hybridized carbons (Fsp3) is 0.200. The molecule has 4 rings (SSSR count). The summed E-state index contributed by atoms with van der Waals surface area (Å²) in [7, 11) is -3.98. The van der Waals surface area contributed by atoms with Gasteiger partial charge in [-0.25, -0.2) is 13.2 Å². The van der Waals surface area contributed by atoms with Crippen LogP contribution in [0.1, 0.15) is 10.4 Å². The summed E-state index contributed by atoms with van der Waals surface area (Å²) >= 11 is 5.82. The quantitative estimate of drug-likeness (QED) is 0.427. The highest BCUT2D eigenvalue weighted by atomic mass is 35.5. The van der Waals surface area contributed by atoms with Crippen molar-refractivity contribution in [2.45, 2.75) is 4.90 Å². The van der Waals surface area contributed by atoms with Crippen molar-refractivity contribution < 1.29 is 27.5 Å². The highest BCUT2D eigenvalue weighted by Crippen LogP contribution is 2.22. The molecule has 2 N–H and O–H groups in total. The van der Waals surface area contributed by atoms with E-state index in [1.165, 1.54) is 36.4 Å². The Morgan fingerprint density at radius 3 is 2.31 bits per heavy atom. The highest BCUT2D eigenvalue weighted by molar-refractivity contribution is 7.92. The number of morpholine rings is 1. The predicted octanol–water partition coefficient (Wildman–Crippen LogP) is 3.77. The molecule has 1 fully saturated rings. The number of nitrogens with zero attached hydrogens (tertiary/aromatic N) is 1. The van der Waals surface area contributed by atoms with Crippen LogP contribution < -0.4 is 14.9 Å². The van der Waals surface area contributed by atoms with Gasteiger partial charge in [-0.05, 0) is 60.7 Å². The number of carbonyl (C=O) groups is 2. The van der Waals surface area contributed by atoms with Gasteiger partial charge in [-0.3, -0.25) is 9.52 Å². The van der Waals surface area contributed by atoms with Crippen LogP contribution in [0.3, 0.4) is 0 Å². The van der Waals surface area contributed by atoms with Gasteiger partial charge < -0.3 is 19.7 Å². The summed E-state index contributed by atoms with van der Waals surface area (Å²) in [6.45, 7) is 2.42. The van der Waals surface area contributed by atoms with E-state index >= 15 is 0 Å². The summed E-state index contributed by atoms with van der Waals surface area (Å²) in [5.41, 5.74) is 1.58. The van der Waals surface area contributed by atoms with Crippen LogP contribution in [0, 0.1) is 0 Å². The fourth-order valence-electron chi connectivity index (χ4n) is 3.55. The molecule has 0 aromatic heterocycles. The average molecular weight is 530 g/mol. The summed E-state index contributed by atoms with van der Waals surface area (Å²) in [6, 6.07) is 18.9. The molecule has 11 heteroatoms. The molecule has 36 heavy (non-hydrogen) atoms. The van der Waals surface area contributed by atoms with Crippen molar-refractivity contribution in [1.82, 2.24) is 0 Å². The van der Waals surface area contributed by atoms with Gasteiger partial charge in [0.05, 0.1) is 29.4 Å². The molecule has 1 heterocycles. The number of hydrogen-bond acceptors (Lipinski definition) is 7. The molecule has 0 saturated carbocycles. The minimum absolute atomic E-state index is 0.0194. The van der Waals surface area contributed by atoms with Gasteiger partial charge in [-0.1, -0.05) is 23.7 Å². The summed E-state index contributed by atoms with van der Waals surface area (Å²) in [4.78, 5) is 27.1. The minimum Gasteiger partial charge on any atom is -0.452 e. The van der Waals surface area contributed by atoms with E-state index in [0.29, 0.717) is 23.9 Å². The molecule has 0 aliphatic carbocycles. The third kappa shape index (κ3) is 6.54. The van der Waals surface area contributed by atoms with E-state index in [2.05, 4.69) is 14.9 Å². The van der Waals surface area contributed by atoms with E-state index in [9.17, 15) is 18.0 Å². The lowest BCUT2D eigenvalue weighted by molar-refractivity contribution is -0.119. The Hall–Kier alpha value is -3.60. The first kappa shape index (κ1) is 25.5. The lowest BCUT2D eigenvalue weighted by atomic mass is 10.2. The van der Waals surface area contributed by atoms with Crippen LogP contribution in [0.5, 0.6) is 0 Å². The molecule has 1 aliphatic rings. The average Bonchev–Trinajstić information content (AvgIpc) is 2.88. The van der Waals surface area contributed by atoms with Gasteiger partial charge in [0.25, 0.3) is 15.9 Å². The third-order valence-corrected chi connectivity index (χ3v) is 7.01. The Morgan fingerprint density at radius 2 is 1.61 bits per heavy atom. The zero-order chi connectivity index (χ0) is 25.5. The van der Waals surface area contributed by atoms with Crippen LogP contribution >= 0.6 is 11.6 Å². The number of nitrogens with one attached hydrogen (secondary N) is 2. The third-order valence-electron chi connectivity index (χ3n) is 5.38. The maximum absolute atomic E-state index is 12.7. The number of benzene rings is 3. The normalized spacial score (nSPS) is 13.6. The molecule has 1 saturated heterocycles. The second kappa shape index (κ2) is 11.4. The highest BCUT2D eigenvalue weighted by Gasteiger charge is 2.20. The number of ether oxygens (including phenoxy) is 2. The molecule has 0 radical (unpaired) electrons. The molecule has 9 nitrogen and oxygen atoms in total. The van der Waals surface area contributed by atoms with Gasteiger partial charge in [0.1, 0.15) is 0 Å². The summed E-state index contributed by atoms with van der Waals surface area (Å²) < 4.78 is 38.3. The number of esters is 1. The maximum atomic E-state index is 12.7. The molecule has 0 bridgehead atoms. The molecule has 3 aromatic carbocycles. The summed E-state index contributed by atoms with van der Waals surface area (Å²) in [5, 5.41) is 3.07. The molecule has 0 atom stereocenters. The molecule has 1 amide bonds. The van der Waals surface area contributed by atoms with E-state index in [-0.39, 0.29) is 16.1 Å². The van der Waals surface area contributed by atoms with Crippen LogP contribution in [0.4, 0.5) is 17.1 Å². The largest absolute Gasteiger partial charge is 0.452 e. The minimum atomic E-state index is -3.98. The van der Waals surface area contributed by atoms with Crippen molar-refractivity contribution >= 4 is 50.6 Å². The lowest BCUT2D eigenvalue weighted by Gasteiger charge is -2.28. The molecule has 1 aliphatic heterocycles. The number of halogens is 1. The molecular formula is C25H24ClN3O6S. The van der Waals surface area contributed by atoms with Crippen LogP contribution in [0.2, 0.25) is 5.02 Å². The Balaban J connectivity index is 1.35. The van der Waals surface area contributed by atoms with Crippen LogP contribution in [-0.2, 0) is 24.3 Å². The Labute approximate surface area is 214 Å². The number of carbonyl (C=O) groups excluding carboxylic acids is 2. The van der Waals surface area contributed by atoms with E-state index < -0.39 is 28.5 Å². The first-order valence-electron chi connectivity index (χ1n) is 11.1.